The van der Waals surface area contributed by atoms with E-state index in [1.54, 1.807) is 0 Å². The molecule has 1 aliphatic rings. The molecule has 1 aliphatic heterocycles. The van der Waals surface area contributed by atoms with Crippen molar-refractivity contribution >= 4 is 11.5 Å². The molecule has 2 heterocycles. The number of aromatic nitrogens is 1. The average molecular weight is 174 g/mol. The smallest absolute Gasteiger partial charge is 0.156 e. The van der Waals surface area contributed by atoms with Crippen molar-refractivity contribution in [2.45, 2.75) is 33.1 Å². The van der Waals surface area contributed by atoms with Gasteiger partial charge in [0.1, 0.15) is 0 Å². The van der Waals surface area contributed by atoms with Crippen LogP contribution in [0.15, 0.2) is 17.1 Å². The predicted octanol–water partition coefficient (Wildman–Crippen LogP) is 2.77. The fourth-order valence-corrected chi connectivity index (χ4v) is 1.61. The maximum atomic E-state index is 4.47. The number of hydrogen-bond donors (Lipinski definition) is 0. The molecular weight excluding hydrogens is 160 g/mol. The highest BCUT2D eigenvalue weighted by atomic mass is 15.0. The Bertz CT molecular complexity index is 389. The third kappa shape index (κ3) is 1.09. The van der Waals surface area contributed by atoms with Gasteiger partial charge in [-0.25, -0.2) is 9.98 Å². The van der Waals surface area contributed by atoms with Gasteiger partial charge in [0.05, 0.1) is 0 Å². The van der Waals surface area contributed by atoms with Gasteiger partial charge in [0.25, 0.3) is 0 Å². The van der Waals surface area contributed by atoms with E-state index in [1.165, 1.54) is 5.56 Å². The van der Waals surface area contributed by atoms with Crippen LogP contribution < -0.4 is 0 Å². The Kier molecular flexibility index (Phi) is 1.56. The lowest BCUT2D eigenvalue weighted by Crippen LogP contribution is -2.22. The maximum absolute atomic E-state index is 4.47. The van der Waals surface area contributed by atoms with E-state index in [9.17, 15) is 0 Å². The van der Waals surface area contributed by atoms with Crippen molar-refractivity contribution in [1.82, 2.24) is 4.98 Å². The number of fused-ring (bicyclic) bond motifs is 1. The number of hydrogen-bond acceptors (Lipinski definition) is 2. The lowest BCUT2D eigenvalue weighted by atomic mass is 9.83. The summed E-state index contributed by atoms with van der Waals surface area (Å²) in [6.07, 6.45) is 0. The van der Waals surface area contributed by atoms with Crippen LogP contribution in [0, 0.1) is 6.92 Å². The Morgan fingerprint density at radius 1 is 1.15 bits per heavy atom. The van der Waals surface area contributed by atoms with Crippen LogP contribution in [-0.4, -0.2) is 10.7 Å². The molecule has 2 nitrogen and oxygen atoms in total. The predicted molar refractivity (Wildman–Crippen MR) is 54.8 cm³/mol. The number of rotatable bonds is 0. The van der Waals surface area contributed by atoms with Crippen molar-refractivity contribution < 1.29 is 0 Å². The van der Waals surface area contributed by atoms with Gasteiger partial charge in [-0.3, -0.25) is 0 Å². The van der Waals surface area contributed by atoms with Gasteiger partial charge in [-0.1, -0.05) is 19.9 Å². The fraction of sp³-hybridized carbons (Fsp3) is 0.455. The van der Waals surface area contributed by atoms with Crippen LogP contribution in [-0.2, 0) is 5.41 Å². The van der Waals surface area contributed by atoms with Crippen molar-refractivity contribution in [2.24, 2.45) is 4.99 Å². The SMILES string of the molecule is CC1=Nc2nc(C)ccc2C1(C)C. The average Bonchev–Trinajstić information content (AvgIpc) is 2.23. The number of aryl methyl sites for hydroxylation is 1. The molecule has 0 aliphatic carbocycles. The zero-order valence-electron chi connectivity index (χ0n) is 8.55. The highest BCUT2D eigenvalue weighted by molar-refractivity contribution is 5.98. The molecule has 0 bridgehead atoms. The molecule has 2 heteroatoms. The molecule has 13 heavy (non-hydrogen) atoms. The van der Waals surface area contributed by atoms with E-state index in [1.807, 2.05) is 6.92 Å². The van der Waals surface area contributed by atoms with Crippen molar-refractivity contribution in [1.29, 1.82) is 0 Å². The van der Waals surface area contributed by atoms with Gasteiger partial charge in [0.15, 0.2) is 5.82 Å². The zero-order valence-corrected chi connectivity index (χ0v) is 8.55. The molecule has 2 rings (SSSR count). The summed E-state index contributed by atoms with van der Waals surface area (Å²) < 4.78 is 0. The molecule has 0 N–H and O–H groups in total. The van der Waals surface area contributed by atoms with Crippen LogP contribution in [0.4, 0.5) is 5.82 Å². The molecule has 0 aromatic carbocycles. The van der Waals surface area contributed by atoms with E-state index in [2.05, 4.69) is 42.9 Å². The number of aliphatic imine (C=N–C) groups is 1. The van der Waals surface area contributed by atoms with Crippen LogP contribution in [0.3, 0.4) is 0 Å². The monoisotopic (exact) mass is 174 g/mol. The molecule has 68 valence electrons. The van der Waals surface area contributed by atoms with E-state index < -0.39 is 0 Å². The summed E-state index contributed by atoms with van der Waals surface area (Å²) in [6, 6.07) is 4.19. The standard InChI is InChI=1S/C11H14N2/c1-7-5-6-9-10(12-7)13-8(2)11(9,3)4/h5-6H,1-4H3. The van der Waals surface area contributed by atoms with Gasteiger partial charge in [-0.2, -0.15) is 0 Å². The van der Waals surface area contributed by atoms with Crippen LogP contribution in [0.2, 0.25) is 0 Å². The van der Waals surface area contributed by atoms with Gasteiger partial charge >= 0.3 is 0 Å². The Morgan fingerprint density at radius 3 is 2.54 bits per heavy atom. The fourth-order valence-electron chi connectivity index (χ4n) is 1.61. The lowest BCUT2D eigenvalue weighted by molar-refractivity contribution is 0.730. The van der Waals surface area contributed by atoms with E-state index in [-0.39, 0.29) is 5.41 Å². The van der Waals surface area contributed by atoms with Crippen molar-refractivity contribution in [3.8, 4) is 0 Å². The normalized spacial score (nSPS) is 18.3. The zero-order chi connectivity index (χ0) is 9.64. The second-order valence-electron chi connectivity index (χ2n) is 4.15. The molecule has 0 saturated heterocycles. The van der Waals surface area contributed by atoms with E-state index in [4.69, 9.17) is 0 Å². The molecule has 0 spiro atoms. The molecular formula is C11H14N2. The molecule has 0 fully saturated rings. The summed E-state index contributed by atoms with van der Waals surface area (Å²) in [7, 11) is 0. The summed E-state index contributed by atoms with van der Waals surface area (Å²) >= 11 is 0. The molecule has 0 unspecified atom stereocenters. The third-order valence-electron chi connectivity index (χ3n) is 2.87. The van der Waals surface area contributed by atoms with Gasteiger partial charge in [-0.05, 0) is 19.9 Å². The Hall–Kier alpha value is -1.18. The van der Waals surface area contributed by atoms with Crippen molar-refractivity contribution in [3.63, 3.8) is 0 Å². The summed E-state index contributed by atoms with van der Waals surface area (Å²) in [5.41, 5.74) is 3.50. The lowest BCUT2D eigenvalue weighted by Gasteiger charge is -2.19. The minimum absolute atomic E-state index is 0.0655. The van der Waals surface area contributed by atoms with Crippen molar-refractivity contribution in [2.75, 3.05) is 0 Å². The van der Waals surface area contributed by atoms with Crippen LogP contribution >= 0.6 is 0 Å². The Labute approximate surface area is 78.7 Å². The van der Waals surface area contributed by atoms with E-state index in [0.717, 1.165) is 17.2 Å². The quantitative estimate of drug-likeness (QED) is 0.593. The second kappa shape index (κ2) is 2.41. The summed E-state index contributed by atoms with van der Waals surface area (Å²) in [5, 5.41) is 0. The molecule has 0 radical (unpaired) electrons. The minimum atomic E-state index is 0.0655. The van der Waals surface area contributed by atoms with E-state index in [0.29, 0.717) is 0 Å². The molecule has 0 saturated carbocycles. The third-order valence-corrected chi connectivity index (χ3v) is 2.87. The van der Waals surface area contributed by atoms with Gasteiger partial charge < -0.3 is 0 Å². The maximum Gasteiger partial charge on any atom is 0.156 e. The van der Waals surface area contributed by atoms with Crippen LogP contribution in [0.25, 0.3) is 0 Å². The second-order valence-corrected chi connectivity index (χ2v) is 4.15. The summed E-state index contributed by atoms with van der Waals surface area (Å²) in [6.45, 7) is 8.44. The highest BCUT2D eigenvalue weighted by Gasteiger charge is 2.32. The summed E-state index contributed by atoms with van der Waals surface area (Å²) in [4.78, 5) is 8.88. The minimum Gasteiger partial charge on any atom is -0.237 e. The topological polar surface area (TPSA) is 25.2 Å². The van der Waals surface area contributed by atoms with Crippen molar-refractivity contribution in [3.05, 3.63) is 23.4 Å². The molecule has 0 amide bonds. The first-order valence-corrected chi connectivity index (χ1v) is 4.56. The van der Waals surface area contributed by atoms with Crippen LogP contribution in [0.5, 0.6) is 0 Å². The Morgan fingerprint density at radius 2 is 1.85 bits per heavy atom. The highest BCUT2D eigenvalue weighted by Crippen LogP contribution is 2.38. The molecule has 1 aromatic rings. The van der Waals surface area contributed by atoms with Crippen LogP contribution in [0.1, 0.15) is 32.0 Å². The van der Waals surface area contributed by atoms with Gasteiger partial charge in [-0.15, -0.1) is 0 Å². The first-order chi connectivity index (χ1) is 6.01. The molecule has 1 aromatic heterocycles. The van der Waals surface area contributed by atoms with Gasteiger partial charge in [0.2, 0.25) is 0 Å². The van der Waals surface area contributed by atoms with Gasteiger partial charge in [0, 0.05) is 22.4 Å². The summed E-state index contributed by atoms with van der Waals surface area (Å²) in [5.74, 6) is 0.905. The van der Waals surface area contributed by atoms with E-state index >= 15 is 0 Å². The first-order valence-electron chi connectivity index (χ1n) is 4.56. The Balaban J connectivity index is 2.65. The molecule has 0 atom stereocenters. The number of pyridine rings is 1. The largest absolute Gasteiger partial charge is 0.237 e. The number of nitrogens with zero attached hydrogens (tertiary/aromatic N) is 2. The first kappa shape index (κ1) is 8.42.